The molecule has 0 aliphatic rings. The second-order valence-electron chi connectivity index (χ2n) is 3.39. The summed E-state index contributed by atoms with van der Waals surface area (Å²) < 4.78 is 5.47. The van der Waals surface area contributed by atoms with E-state index in [-0.39, 0.29) is 0 Å². The maximum Gasteiger partial charge on any atom is 0.0560 e. The smallest absolute Gasteiger partial charge is 0.0560 e. The highest BCUT2D eigenvalue weighted by atomic mass is 32.2. The molecule has 0 aliphatic carbocycles. The lowest BCUT2D eigenvalue weighted by Crippen LogP contribution is -1.98. The Morgan fingerprint density at radius 1 is 1.33 bits per heavy atom. The Hall–Kier alpha value is -0.670. The van der Waals surface area contributed by atoms with Crippen LogP contribution in [-0.4, -0.2) is 19.0 Å². The summed E-state index contributed by atoms with van der Waals surface area (Å²) in [5.74, 6) is 0.993. The highest BCUT2D eigenvalue weighted by Crippen LogP contribution is 2.19. The molecule has 0 atom stereocenters. The van der Waals surface area contributed by atoms with Gasteiger partial charge < -0.3 is 10.5 Å². The van der Waals surface area contributed by atoms with Crippen molar-refractivity contribution in [3.05, 3.63) is 24.3 Å². The summed E-state index contributed by atoms with van der Waals surface area (Å²) in [6.07, 6.45) is 2.35. The lowest BCUT2D eigenvalue weighted by atomic mass is 10.3. The molecule has 1 aromatic carbocycles. The van der Waals surface area contributed by atoms with E-state index in [1.807, 2.05) is 18.2 Å². The maximum atomic E-state index is 5.68. The van der Waals surface area contributed by atoms with Gasteiger partial charge in [-0.1, -0.05) is 19.4 Å². The van der Waals surface area contributed by atoms with E-state index in [4.69, 9.17) is 10.5 Å². The fraction of sp³-hybridized carbons (Fsp3) is 0.500. The van der Waals surface area contributed by atoms with Gasteiger partial charge in [-0.3, -0.25) is 0 Å². The van der Waals surface area contributed by atoms with Crippen LogP contribution in [-0.2, 0) is 4.74 Å². The summed E-state index contributed by atoms with van der Waals surface area (Å²) in [4.78, 5) is 1.22. The molecule has 84 valence electrons. The zero-order valence-electron chi connectivity index (χ0n) is 9.24. The largest absolute Gasteiger partial charge is 0.399 e. The summed E-state index contributed by atoms with van der Waals surface area (Å²) in [6, 6.07) is 7.96. The van der Waals surface area contributed by atoms with Gasteiger partial charge in [0.1, 0.15) is 0 Å². The first-order chi connectivity index (χ1) is 7.33. The van der Waals surface area contributed by atoms with E-state index in [2.05, 4.69) is 13.0 Å². The summed E-state index contributed by atoms with van der Waals surface area (Å²) in [5.41, 5.74) is 6.51. The van der Waals surface area contributed by atoms with Crippen LogP contribution >= 0.6 is 11.8 Å². The van der Waals surface area contributed by atoms with E-state index in [1.165, 1.54) is 11.3 Å². The van der Waals surface area contributed by atoms with Gasteiger partial charge in [0.2, 0.25) is 0 Å². The average molecular weight is 225 g/mol. The molecule has 2 N–H and O–H groups in total. The van der Waals surface area contributed by atoms with Gasteiger partial charge in [0.05, 0.1) is 6.61 Å². The lowest BCUT2D eigenvalue weighted by molar-refractivity contribution is 0.147. The van der Waals surface area contributed by atoms with Crippen molar-refractivity contribution >= 4 is 17.4 Å². The summed E-state index contributed by atoms with van der Waals surface area (Å²) in [7, 11) is 0. The third kappa shape index (κ3) is 5.70. The number of thioether (sulfide) groups is 1. The first kappa shape index (κ1) is 12.4. The number of hydrogen-bond donors (Lipinski definition) is 1. The Kier molecular flexibility index (Phi) is 6.28. The maximum absolute atomic E-state index is 5.68. The molecule has 2 nitrogen and oxygen atoms in total. The van der Waals surface area contributed by atoms with Crippen molar-refractivity contribution in [2.75, 3.05) is 24.7 Å². The van der Waals surface area contributed by atoms with Crippen LogP contribution < -0.4 is 5.73 Å². The van der Waals surface area contributed by atoms with E-state index in [0.29, 0.717) is 0 Å². The lowest BCUT2D eigenvalue weighted by Gasteiger charge is -2.04. The molecule has 0 unspecified atom stereocenters. The van der Waals surface area contributed by atoms with E-state index in [9.17, 15) is 0 Å². The number of nitrogen functional groups attached to an aromatic ring is 1. The van der Waals surface area contributed by atoms with Crippen LogP contribution in [0.4, 0.5) is 5.69 Å². The number of ether oxygens (including phenoxy) is 1. The standard InChI is InChI=1S/C12H19NOS/c1-2-3-7-14-8-9-15-12-6-4-5-11(13)10-12/h4-6,10H,2-3,7-9,13H2,1H3. The number of rotatable bonds is 7. The normalized spacial score (nSPS) is 10.5. The molecule has 1 aromatic rings. The van der Waals surface area contributed by atoms with Crippen LogP contribution in [0.15, 0.2) is 29.2 Å². The Balaban J connectivity index is 2.10. The van der Waals surface area contributed by atoms with Crippen LogP contribution in [0.25, 0.3) is 0 Å². The number of anilines is 1. The molecule has 1 rings (SSSR count). The van der Waals surface area contributed by atoms with Crippen LogP contribution in [0.2, 0.25) is 0 Å². The molecule has 0 aliphatic heterocycles. The van der Waals surface area contributed by atoms with Gasteiger partial charge in [0, 0.05) is 22.9 Å². The fourth-order valence-electron chi connectivity index (χ4n) is 1.17. The van der Waals surface area contributed by atoms with Crippen molar-refractivity contribution in [1.29, 1.82) is 0 Å². The predicted octanol–water partition coefficient (Wildman–Crippen LogP) is 3.18. The molecule has 3 heteroatoms. The van der Waals surface area contributed by atoms with Gasteiger partial charge in [0.15, 0.2) is 0 Å². The van der Waals surface area contributed by atoms with Gasteiger partial charge in [0.25, 0.3) is 0 Å². The molecule has 0 radical (unpaired) electrons. The Bertz CT molecular complexity index is 278. The molecule has 0 spiro atoms. The van der Waals surface area contributed by atoms with E-state index in [1.54, 1.807) is 11.8 Å². The molecule has 0 saturated carbocycles. The minimum Gasteiger partial charge on any atom is -0.399 e. The third-order valence-corrected chi connectivity index (χ3v) is 2.95. The molecule has 0 saturated heterocycles. The van der Waals surface area contributed by atoms with Crippen molar-refractivity contribution in [3.63, 3.8) is 0 Å². The van der Waals surface area contributed by atoms with Gasteiger partial charge in [-0.05, 0) is 24.6 Å². The highest BCUT2D eigenvalue weighted by molar-refractivity contribution is 7.99. The van der Waals surface area contributed by atoms with E-state index in [0.717, 1.165) is 31.1 Å². The van der Waals surface area contributed by atoms with Crippen molar-refractivity contribution in [2.24, 2.45) is 0 Å². The molecule has 0 amide bonds. The van der Waals surface area contributed by atoms with Crippen molar-refractivity contribution in [2.45, 2.75) is 24.7 Å². The van der Waals surface area contributed by atoms with Gasteiger partial charge in [-0.25, -0.2) is 0 Å². The van der Waals surface area contributed by atoms with E-state index < -0.39 is 0 Å². The topological polar surface area (TPSA) is 35.2 Å². The Labute approximate surface area is 96.2 Å². The monoisotopic (exact) mass is 225 g/mol. The Morgan fingerprint density at radius 3 is 2.93 bits per heavy atom. The second-order valence-corrected chi connectivity index (χ2v) is 4.56. The summed E-state index contributed by atoms with van der Waals surface area (Å²) in [5, 5.41) is 0. The SMILES string of the molecule is CCCCOCCSc1cccc(N)c1. The molecule has 0 aromatic heterocycles. The second kappa shape index (κ2) is 7.60. The number of nitrogens with two attached hydrogens (primary N) is 1. The van der Waals surface area contributed by atoms with Gasteiger partial charge >= 0.3 is 0 Å². The number of benzene rings is 1. The van der Waals surface area contributed by atoms with Crippen LogP contribution in [0.3, 0.4) is 0 Å². The Morgan fingerprint density at radius 2 is 2.20 bits per heavy atom. The van der Waals surface area contributed by atoms with Crippen LogP contribution in [0.1, 0.15) is 19.8 Å². The fourth-order valence-corrected chi connectivity index (χ4v) is 2.00. The predicted molar refractivity (Wildman–Crippen MR) is 67.3 cm³/mol. The molecular formula is C12H19NOS. The third-order valence-electron chi connectivity index (χ3n) is 2.00. The number of unbranched alkanes of at least 4 members (excludes halogenated alkanes) is 1. The quantitative estimate of drug-likeness (QED) is 0.440. The average Bonchev–Trinajstić information content (AvgIpc) is 2.23. The molecule has 0 bridgehead atoms. The molecule has 0 heterocycles. The minimum absolute atomic E-state index is 0.819. The van der Waals surface area contributed by atoms with Gasteiger partial charge in [-0.2, -0.15) is 0 Å². The summed E-state index contributed by atoms with van der Waals surface area (Å²) in [6.45, 7) is 3.87. The summed E-state index contributed by atoms with van der Waals surface area (Å²) >= 11 is 1.79. The molecular weight excluding hydrogens is 206 g/mol. The first-order valence-electron chi connectivity index (χ1n) is 5.39. The molecule has 15 heavy (non-hydrogen) atoms. The minimum atomic E-state index is 0.819. The van der Waals surface area contributed by atoms with Crippen LogP contribution in [0.5, 0.6) is 0 Å². The molecule has 0 fully saturated rings. The van der Waals surface area contributed by atoms with Crippen molar-refractivity contribution < 1.29 is 4.74 Å². The zero-order valence-corrected chi connectivity index (χ0v) is 10.1. The van der Waals surface area contributed by atoms with E-state index >= 15 is 0 Å². The van der Waals surface area contributed by atoms with Gasteiger partial charge in [-0.15, -0.1) is 11.8 Å². The van der Waals surface area contributed by atoms with Crippen LogP contribution in [0, 0.1) is 0 Å². The van der Waals surface area contributed by atoms with Crippen molar-refractivity contribution in [1.82, 2.24) is 0 Å². The zero-order chi connectivity index (χ0) is 10.9. The van der Waals surface area contributed by atoms with Crippen molar-refractivity contribution in [3.8, 4) is 0 Å². The highest BCUT2D eigenvalue weighted by Gasteiger charge is 1.94. The number of hydrogen-bond acceptors (Lipinski definition) is 3. The first-order valence-corrected chi connectivity index (χ1v) is 6.37.